The van der Waals surface area contributed by atoms with E-state index < -0.39 is 0 Å². The van der Waals surface area contributed by atoms with Crippen molar-refractivity contribution in [3.05, 3.63) is 83.9 Å². The first-order valence-corrected chi connectivity index (χ1v) is 11.6. The zero-order valence-electron chi connectivity index (χ0n) is 20.5. The minimum Gasteiger partial charge on any atom is -0.504 e. The number of para-hydroxylation sites is 1. The molecule has 0 aliphatic carbocycles. The number of anilines is 2. The van der Waals surface area contributed by atoms with Gasteiger partial charge in [0, 0.05) is 55.3 Å². The van der Waals surface area contributed by atoms with Gasteiger partial charge in [0.05, 0.1) is 7.11 Å². The van der Waals surface area contributed by atoms with Crippen LogP contribution in [-0.4, -0.2) is 56.3 Å². The zero-order chi connectivity index (χ0) is 24.6. The summed E-state index contributed by atoms with van der Waals surface area (Å²) in [6.07, 6.45) is 3.07. The molecule has 1 fully saturated rings. The number of halogens is 1. The van der Waals surface area contributed by atoms with Crippen molar-refractivity contribution in [1.29, 1.82) is 0 Å². The van der Waals surface area contributed by atoms with E-state index in [9.17, 15) is 9.90 Å². The minimum absolute atomic E-state index is 0. The van der Waals surface area contributed by atoms with Crippen LogP contribution in [0.5, 0.6) is 17.2 Å². The van der Waals surface area contributed by atoms with Gasteiger partial charge in [-0.05, 0) is 49.0 Å². The highest BCUT2D eigenvalue weighted by Gasteiger charge is 2.15. The lowest BCUT2D eigenvalue weighted by Gasteiger charge is -2.34. The number of carbonyl (C=O) groups excluding carboxylic acids is 1. The predicted octanol–water partition coefficient (Wildman–Crippen LogP) is 4.81. The Morgan fingerprint density at radius 3 is 2.56 bits per heavy atom. The molecule has 8 heteroatoms. The second kappa shape index (κ2) is 12.9. The molecule has 4 rings (SSSR count). The smallest absolute Gasteiger partial charge is 0.248 e. The van der Waals surface area contributed by atoms with E-state index >= 15 is 0 Å². The molecule has 3 aromatic carbocycles. The molecule has 0 radical (unpaired) electrons. The van der Waals surface area contributed by atoms with Crippen molar-refractivity contribution in [3.63, 3.8) is 0 Å². The Bertz CT molecular complexity index is 1190. The van der Waals surface area contributed by atoms with Crippen molar-refractivity contribution in [2.45, 2.75) is 6.61 Å². The monoisotopic (exact) mass is 509 g/mol. The number of benzene rings is 3. The van der Waals surface area contributed by atoms with E-state index in [2.05, 4.69) is 34.3 Å². The molecular weight excluding hydrogens is 478 g/mol. The van der Waals surface area contributed by atoms with Crippen molar-refractivity contribution in [1.82, 2.24) is 4.90 Å². The highest BCUT2D eigenvalue weighted by molar-refractivity contribution is 6.02. The number of hydrogen-bond donors (Lipinski definition) is 2. The fourth-order valence-electron chi connectivity index (χ4n) is 3.92. The lowest BCUT2D eigenvalue weighted by molar-refractivity contribution is -0.111. The maximum absolute atomic E-state index is 12.5. The molecule has 190 valence electrons. The minimum atomic E-state index is -0.273. The molecule has 1 aliphatic rings. The van der Waals surface area contributed by atoms with Gasteiger partial charge < -0.3 is 29.7 Å². The molecule has 1 aliphatic heterocycles. The van der Waals surface area contributed by atoms with E-state index in [1.54, 1.807) is 24.3 Å². The molecule has 1 heterocycles. The van der Waals surface area contributed by atoms with Crippen LogP contribution in [0.2, 0.25) is 0 Å². The van der Waals surface area contributed by atoms with Crippen molar-refractivity contribution < 1.29 is 19.4 Å². The molecule has 1 amide bonds. The number of phenolic OH excluding ortho intramolecular Hbond substituents is 1. The Hall–Kier alpha value is -3.68. The summed E-state index contributed by atoms with van der Waals surface area (Å²) in [6, 6.07) is 20.7. The Morgan fingerprint density at radius 1 is 1.03 bits per heavy atom. The number of amides is 1. The fourth-order valence-corrected chi connectivity index (χ4v) is 3.92. The maximum atomic E-state index is 12.5. The van der Waals surface area contributed by atoms with Crippen molar-refractivity contribution >= 4 is 35.8 Å². The zero-order valence-corrected chi connectivity index (χ0v) is 21.3. The average Bonchev–Trinajstić information content (AvgIpc) is 2.88. The number of nitrogens with zero attached hydrogens (tertiary/aromatic N) is 2. The van der Waals surface area contributed by atoms with Crippen LogP contribution in [0.15, 0.2) is 72.8 Å². The summed E-state index contributed by atoms with van der Waals surface area (Å²) in [5, 5.41) is 12.8. The quantitative estimate of drug-likeness (QED) is 0.425. The Morgan fingerprint density at radius 2 is 1.81 bits per heavy atom. The van der Waals surface area contributed by atoms with Gasteiger partial charge in [0.2, 0.25) is 5.91 Å². The van der Waals surface area contributed by atoms with Gasteiger partial charge in [0.15, 0.2) is 11.5 Å². The molecule has 7 nitrogen and oxygen atoms in total. The first-order chi connectivity index (χ1) is 17.0. The summed E-state index contributed by atoms with van der Waals surface area (Å²) in [7, 11) is 3.64. The van der Waals surface area contributed by atoms with Crippen molar-refractivity contribution in [2.75, 3.05) is 50.6 Å². The van der Waals surface area contributed by atoms with Gasteiger partial charge in [-0.1, -0.05) is 30.3 Å². The molecule has 2 N–H and O–H groups in total. The molecule has 0 unspecified atom stereocenters. The van der Waals surface area contributed by atoms with Gasteiger partial charge in [0.1, 0.15) is 12.4 Å². The molecular formula is C28H32ClN3O4. The third kappa shape index (κ3) is 7.16. The standard InChI is InChI=1S/C28H31N3O4.ClH/c1-30-14-16-31(17-15-30)23-7-5-8-24(19-23)35-20-22-6-3-4-9-25(22)29-28(33)13-11-21-10-12-27(34-2)26(32)18-21;/h3-13,18-19,32H,14-17,20H2,1-2H3,(H,29,33);1H. The topological polar surface area (TPSA) is 74.3 Å². The maximum Gasteiger partial charge on any atom is 0.248 e. The lowest BCUT2D eigenvalue weighted by atomic mass is 10.1. The predicted molar refractivity (Wildman–Crippen MR) is 146 cm³/mol. The van der Waals surface area contributed by atoms with Crippen LogP contribution in [0.25, 0.3) is 6.08 Å². The van der Waals surface area contributed by atoms with Crippen molar-refractivity contribution in [3.8, 4) is 17.2 Å². The first-order valence-electron chi connectivity index (χ1n) is 11.6. The second-order valence-electron chi connectivity index (χ2n) is 8.49. The SMILES string of the molecule is COc1ccc(C=CC(=O)Nc2ccccc2COc2cccc(N3CCN(C)CC3)c2)cc1O.Cl. The molecule has 0 spiro atoms. The van der Waals surface area contributed by atoms with Crippen LogP contribution >= 0.6 is 12.4 Å². The summed E-state index contributed by atoms with van der Waals surface area (Å²) < 4.78 is 11.1. The number of methoxy groups -OCH3 is 1. The van der Waals surface area contributed by atoms with Gasteiger partial charge >= 0.3 is 0 Å². The summed E-state index contributed by atoms with van der Waals surface area (Å²) in [4.78, 5) is 17.2. The number of ether oxygens (including phenoxy) is 2. The van der Waals surface area contributed by atoms with Gasteiger partial charge in [0.25, 0.3) is 0 Å². The highest BCUT2D eigenvalue weighted by Crippen LogP contribution is 2.27. The Kier molecular flexibility index (Phi) is 9.61. The molecule has 0 bridgehead atoms. The molecule has 1 saturated heterocycles. The Balaban J connectivity index is 0.00000361. The number of nitrogens with one attached hydrogen (secondary N) is 1. The summed E-state index contributed by atoms with van der Waals surface area (Å²) >= 11 is 0. The van der Waals surface area contributed by atoms with E-state index in [-0.39, 0.29) is 24.1 Å². The number of carbonyl (C=O) groups is 1. The average molecular weight is 510 g/mol. The molecule has 36 heavy (non-hydrogen) atoms. The molecule has 0 saturated carbocycles. The third-order valence-electron chi connectivity index (χ3n) is 5.99. The third-order valence-corrected chi connectivity index (χ3v) is 5.99. The van der Waals surface area contributed by atoms with Crippen LogP contribution in [0.1, 0.15) is 11.1 Å². The summed E-state index contributed by atoms with van der Waals surface area (Å²) in [5.41, 5.74) is 3.42. The number of likely N-dealkylation sites (N-methyl/N-ethyl adjacent to an activating group) is 1. The summed E-state index contributed by atoms with van der Waals surface area (Å²) in [6.45, 7) is 4.42. The molecule has 3 aromatic rings. The van der Waals surface area contributed by atoms with E-state index in [1.807, 2.05) is 36.4 Å². The van der Waals surface area contributed by atoms with Crippen LogP contribution in [0, 0.1) is 0 Å². The largest absolute Gasteiger partial charge is 0.504 e. The fraction of sp³-hybridized carbons (Fsp3) is 0.250. The van der Waals surface area contributed by atoms with Crippen LogP contribution in [0.4, 0.5) is 11.4 Å². The molecule has 0 aromatic heterocycles. The first kappa shape index (κ1) is 26.9. The van der Waals surface area contributed by atoms with E-state index in [0.717, 1.165) is 43.2 Å². The normalized spacial score (nSPS) is 13.8. The van der Waals surface area contributed by atoms with Crippen LogP contribution in [-0.2, 0) is 11.4 Å². The molecule has 0 atom stereocenters. The summed E-state index contributed by atoms with van der Waals surface area (Å²) in [5.74, 6) is 0.926. The van der Waals surface area contributed by atoms with Gasteiger partial charge in [-0.25, -0.2) is 0 Å². The van der Waals surface area contributed by atoms with Gasteiger partial charge in [-0.15, -0.1) is 12.4 Å². The number of piperazine rings is 1. The van der Waals surface area contributed by atoms with E-state index in [0.29, 0.717) is 23.6 Å². The lowest BCUT2D eigenvalue weighted by Crippen LogP contribution is -2.44. The number of hydrogen-bond acceptors (Lipinski definition) is 6. The number of phenols is 1. The number of rotatable bonds is 8. The van der Waals surface area contributed by atoms with Gasteiger partial charge in [-0.2, -0.15) is 0 Å². The van der Waals surface area contributed by atoms with Crippen molar-refractivity contribution in [2.24, 2.45) is 0 Å². The van der Waals surface area contributed by atoms with Crippen LogP contribution < -0.4 is 19.7 Å². The van der Waals surface area contributed by atoms with Crippen LogP contribution in [0.3, 0.4) is 0 Å². The second-order valence-corrected chi connectivity index (χ2v) is 8.49. The van der Waals surface area contributed by atoms with Gasteiger partial charge in [-0.3, -0.25) is 4.79 Å². The Labute approximate surface area is 218 Å². The highest BCUT2D eigenvalue weighted by atomic mass is 35.5. The number of aromatic hydroxyl groups is 1. The van der Waals surface area contributed by atoms with E-state index in [4.69, 9.17) is 9.47 Å². The van der Waals surface area contributed by atoms with E-state index in [1.165, 1.54) is 13.2 Å².